The zero-order valence-corrected chi connectivity index (χ0v) is 8.83. The fraction of sp³-hybridized carbons (Fsp3) is 0.273. The second-order valence-corrected chi connectivity index (χ2v) is 3.17. The summed E-state index contributed by atoms with van der Waals surface area (Å²) in [5, 5.41) is 20.1. The number of hydrogen-bond acceptors (Lipinski definition) is 4. The Morgan fingerprint density at radius 3 is 2.94 bits per heavy atom. The smallest absolute Gasteiger partial charge is 0.344 e. The molecule has 1 aromatic rings. The summed E-state index contributed by atoms with van der Waals surface area (Å²) >= 11 is 0. The van der Waals surface area contributed by atoms with Gasteiger partial charge >= 0.3 is 5.97 Å². The molecule has 2 N–H and O–H groups in total. The van der Waals surface area contributed by atoms with Crippen LogP contribution in [0.5, 0.6) is 5.75 Å². The van der Waals surface area contributed by atoms with Gasteiger partial charge in [-0.1, -0.05) is 24.2 Å². The van der Waals surface area contributed by atoms with E-state index in [4.69, 9.17) is 15.1 Å². The van der Waals surface area contributed by atoms with Gasteiger partial charge in [0.25, 0.3) is 0 Å². The maximum absolute atomic E-state index is 10.8. The molecule has 1 atom stereocenters. The number of oxime groups is 1. The van der Waals surface area contributed by atoms with Crippen LogP contribution in [0, 0.1) is 0 Å². The molecular formula is C11H13NO4. The van der Waals surface area contributed by atoms with Gasteiger partial charge in [0, 0.05) is 0 Å². The topological polar surface area (TPSA) is 79.1 Å². The second kappa shape index (κ2) is 5.75. The first-order valence-corrected chi connectivity index (χ1v) is 4.84. The number of benzene rings is 1. The molecule has 0 aliphatic heterocycles. The second-order valence-electron chi connectivity index (χ2n) is 3.17. The highest BCUT2D eigenvalue weighted by Crippen LogP contribution is 2.15. The van der Waals surface area contributed by atoms with Gasteiger partial charge in [0.2, 0.25) is 0 Å². The van der Waals surface area contributed by atoms with Gasteiger partial charge in [-0.25, -0.2) is 4.79 Å². The molecule has 0 fully saturated rings. The third-order valence-electron chi connectivity index (χ3n) is 1.99. The predicted molar refractivity (Wildman–Crippen MR) is 58.2 cm³/mol. The molecule has 16 heavy (non-hydrogen) atoms. The summed E-state index contributed by atoms with van der Waals surface area (Å²) in [5.74, 6) is -0.560. The highest BCUT2D eigenvalue weighted by Gasteiger charge is 2.16. The van der Waals surface area contributed by atoms with Gasteiger partial charge in [0.05, 0.1) is 6.21 Å². The Hall–Kier alpha value is -2.04. The highest BCUT2D eigenvalue weighted by molar-refractivity contribution is 5.79. The summed E-state index contributed by atoms with van der Waals surface area (Å²) in [5.41, 5.74) is 0.639. The van der Waals surface area contributed by atoms with Crippen LogP contribution >= 0.6 is 0 Å². The van der Waals surface area contributed by atoms with Crippen LogP contribution in [0.1, 0.15) is 18.9 Å². The molecule has 0 aromatic heterocycles. The average molecular weight is 223 g/mol. The Bertz CT molecular complexity index is 389. The minimum absolute atomic E-state index is 0.383. The van der Waals surface area contributed by atoms with E-state index in [2.05, 4.69) is 5.16 Å². The van der Waals surface area contributed by atoms with E-state index in [0.717, 1.165) is 0 Å². The van der Waals surface area contributed by atoms with Crippen molar-refractivity contribution < 1.29 is 19.8 Å². The Morgan fingerprint density at radius 1 is 1.62 bits per heavy atom. The third kappa shape index (κ3) is 3.27. The summed E-state index contributed by atoms with van der Waals surface area (Å²) in [6.45, 7) is 1.73. The van der Waals surface area contributed by atoms with Gasteiger partial charge in [-0.3, -0.25) is 0 Å². The molecule has 1 aromatic carbocycles. The van der Waals surface area contributed by atoms with Crippen molar-refractivity contribution in [1.29, 1.82) is 0 Å². The number of ether oxygens (including phenoxy) is 1. The van der Waals surface area contributed by atoms with Gasteiger partial charge in [0.15, 0.2) is 6.10 Å². The Labute approximate surface area is 93.0 Å². The summed E-state index contributed by atoms with van der Waals surface area (Å²) in [4.78, 5) is 10.8. The fourth-order valence-electron chi connectivity index (χ4n) is 1.21. The van der Waals surface area contributed by atoms with E-state index in [-0.39, 0.29) is 0 Å². The lowest BCUT2D eigenvalue weighted by Crippen LogP contribution is -2.25. The zero-order valence-electron chi connectivity index (χ0n) is 8.83. The molecule has 0 amide bonds. The maximum Gasteiger partial charge on any atom is 0.344 e. The number of carboxylic acids is 1. The molecule has 0 saturated heterocycles. The van der Waals surface area contributed by atoms with Crippen molar-refractivity contribution in [2.24, 2.45) is 5.16 Å². The number of rotatable bonds is 5. The Kier molecular flexibility index (Phi) is 4.32. The molecule has 0 saturated carbocycles. The van der Waals surface area contributed by atoms with Crippen molar-refractivity contribution in [3.05, 3.63) is 29.8 Å². The molecule has 1 rings (SSSR count). The fourth-order valence-corrected chi connectivity index (χ4v) is 1.21. The van der Waals surface area contributed by atoms with Gasteiger partial charge in [-0.15, -0.1) is 0 Å². The minimum Gasteiger partial charge on any atom is -0.479 e. The van der Waals surface area contributed by atoms with Crippen LogP contribution in [0.2, 0.25) is 0 Å². The largest absolute Gasteiger partial charge is 0.479 e. The van der Waals surface area contributed by atoms with Crippen LogP contribution in [0.4, 0.5) is 0 Å². The molecule has 0 radical (unpaired) electrons. The van der Waals surface area contributed by atoms with E-state index in [0.29, 0.717) is 17.7 Å². The molecule has 0 aliphatic rings. The molecule has 0 bridgehead atoms. The number of nitrogens with zero attached hydrogens (tertiary/aromatic N) is 1. The lowest BCUT2D eigenvalue weighted by atomic mass is 10.2. The van der Waals surface area contributed by atoms with E-state index in [1.807, 2.05) is 0 Å². The molecule has 5 nitrogen and oxygen atoms in total. The summed E-state index contributed by atoms with van der Waals surface area (Å²) < 4.78 is 5.27. The maximum atomic E-state index is 10.8. The van der Waals surface area contributed by atoms with Crippen LogP contribution in [-0.2, 0) is 4.79 Å². The number of carboxylic acid groups (broad SMARTS) is 1. The molecule has 0 spiro atoms. The van der Waals surface area contributed by atoms with Crippen LogP contribution in [-0.4, -0.2) is 28.6 Å². The van der Waals surface area contributed by atoms with Crippen LogP contribution < -0.4 is 4.74 Å². The monoisotopic (exact) mass is 223 g/mol. The van der Waals surface area contributed by atoms with Crippen molar-refractivity contribution in [3.63, 3.8) is 0 Å². The van der Waals surface area contributed by atoms with Crippen molar-refractivity contribution in [1.82, 2.24) is 0 Å². The molecule has 0 heterocycles. The van der Waals surface area contributed by atoms with E-state index in [1.54, 1.807) is 31.2 Å². The highest BCUT2D eigenvalue weighted by atomic mass is 16.5. The first-order valence-electron chi connectivity index (χ1n) is 4.84. The molecule has 5 heteroatoms. The summed E-state index contributed by atoms with van der Waals surface area (Å²) in [7, 11) is 0. The lowest BCUT2D eigenvalue weighted by Gasteiger charge is -2.13. The quantitative estimate of drug-likeness (QED) is 0.452. The number of hydrogen-bond donors (Lipinski definition) is 2. The van der Waals surface area contributed by atoms with E-state index in [1.165, 1.54) is 6.21 Å². The molecule has 86 valence electrons. The standard InChI is InChI=1S/C11H13NO4/c1-2-10(11(13)14)16-9-5-3-4-8(6-9)7-12-15/h3-7,10,15H,2H2,1H3,(H,13,14). The summed E-state index contributed by atoms with van der Waals surface area (Å²) in [6.07, 6.45) is 0.767. The van der Waals surface area contributed by atoms with Gasteiger partial charge in [0.1, 0.15) is 5.75 Å². The SMILES string of the molecule is CCC(Oc1cccc(C=NO)c1)C(=O)O. The van der Waals surface area contributed by atoms with Crippen molar-refractivity contribution >= 4 is 12.2 Å². The first-order chi connectivity index (χ1) is 7.67. The van der Waals surface area contributed by atoms with Crippen molar-refractivity contribution in [3.8, 4) is 5.75 Å². The zero-order chi connectivity index (χ0) is 12.0. The van der Waals surface area contributed by atoms with Gasteiger partial charge < -0.3 is 15.1 Å². The van der Waals surface area contributed by atoms with Crippen LogP contribution in [0.3, 0.4) is 0 Å². The molecule has 1 unspecified atom stereocenters. The van der Waals surface area contributed by atoms with Crippen molar-refractivity contribution in [2.45, 2.75) is 19.4 Å². The van der Waals surface area contributed by atoms with Gasteiger partial charge in [-0.2, -0.15) is 0 Å². The molecule has 0 aliphatic carbocycles. The Morgan fingerprint density at radius 2 is 2.38 bits per heavy atom. The normalized spacial score (nSPS) is 12.6. The van der Waals surface area contributed by atoms with E-state index >= 15 is 0 Å². The third-order valence-corrected chi connectivity index (χ3v) is 1.99. The molecular weight excluding hydrogens is 210 g/mol. The van der Waals surface area contributed by atoms with E-state index < -0.39 is 12.1 Å². The Balaban J connectivity index is 2.80. The predicted octanol–water partition coefficient (Wildman–Crippen LogP) is 1.74. The number of aliphatic carboxylic acids is 1. The first kappa shape index (κ1) is 12.0. The van der Waals surface area contributed by atoms with Crippen LogP contribution in [0.15, 0.2) is 29.4 Å². The summed E-state index contributed by atoms with van der Waals surface area (Å²) in [6, 6.07) is 6.67. The number of carbonyl (C=O) groups is 1. The lowest BCUT2D eigenvalue weighted by molar-refractivity contribution is -0.145. The minimum atomic E-state index is -0.997. The average Bonchev–Trinajstić information content (AvgIpc) is 2.26. The van der Waals surface area contributed by atoms with Crippen molar-refractivity contribution in [2.75, 3.05) is 0 Å². The van der Waals surface area contributed by atoms with E-state index in [9.17, 15) is 4.79 Å². The van der Waals surface area contributed by atoms with Gasteiger partial charge in [-0.05, 0) is 24.1 Å². The van der Waals surface area contributed by atoms with Crippen LogP contribution in [0.25, 0.3) is 0 Å².